The molecule has 0 spiro atoms. The summed E-state index contributed by atoms with van der Waals surface area (Å²) < 4.78 is 28.6. The predicted molar refractivity (Wildman–Crippen MR) is 80.0 cm³/mol. The molecule has 2 atom stereocenters. The molecule has 2 aliphatic rings. The molecule has 2 heterocycles. The molecule has 2 fully saturated rings. The second-order valence-corrected chi connectivity index (χ2v) is 7.48. The molecule has 120 valence electrons. The lowest BCUT2D eigenvalue weighted by molar-refractivity contribution is 0.105. The van der Waals surface area contributed by atoms with Crippen molar-refractivity contribution in [2.75, 3.05) is 57.3 Å². The molecule has 2 rings (SSSR count). The van der Waals surface area contributed by atoms with E-state index in [2.05, 4.69) is 0 Å². The molecule has 0 radical (unpaired) electrons. The van der Waals surface area contributed by atoms with Crippen LogP contribution in [0.5, 0.6) is 0 Å². The Kier molecular flexibility index (Phi) is 8.04. The van der Waals surface area contributed by atoms with Crippen LogP contribution in [0.25, 0.3) is 0 Å². The quantitative estimate of drug-likeness (QED) is 0.549. The first-order valence-corrected chi connectivity index (χ1v) is 9.37. The number of aliphatic hydroxyl groups is 1. The molecule has 6 nitrogen and oxygen atoms in total. The van der Waals surface area contributed by atoms with Crippen molar-refractivity contribution in [2.24, 2.45) is 0 Å². The molecule has 2 aliphatic heterocycles. The fraction of sp³-hybridized carbons (Fsp3) is 1.00. The molecule has 1 N–H and O–H groups in total. The first kappa shape index (κ1) is 18.4. The summed E-state index contributed by atoms with van der Waals surface area (Å²) in [5, 5.41) is 9.33. The van der Waals surface area contributed by atoms with Gasteiger partial charge in [0.05, 0.1) is 31.0 Å². The van der Waals surface area contributed by atoms with Crippen molar-refractivity contribution in [3.05, 3.63) is 0 Å². The summed E-state index contributed by atoms with van der Waals surface area (Å²) >= 11 is 10.8. The number of halogens is 2. The summed E-state index contributed by atoms with van der Waals surface area (Å²) in [7, 11) is -3.07. The van der Waals surface area contributed by atoms with E-state index >= 15 is 0 Å². The molecule has 9 heteroatoms. The van der Waals surface area contributed by atoms with E-state index in [-0.39, 0.29) is 5.88 Å². The number of ether oxygens (including phenoxy) is 1. The predicted octanol–water partition coefficient (Wildman–Crippen LogP) is -0.213. The molecule has 2 saturated heterocycles. The van der Waals surface area contributed by atoms with Crippen LogP contribution in [0.2, 0.25) is 0 Å². The zero-order chi connectivity index (χ0) is 15.2. The molecule has 20 heavy (non-hydrogen) atoms. The van der Waals surface area contributed by atoms with Crippen molar-refractivity contribution >= 4 is 33.2 Å². The fourth-order valence-electron chi connectivity index (χ4n) is 1.75. The van der Waals surface area contributed by atoms with Gasteiger partial charge in [-0.2, -0.15) is 4.31 Å². The lowest BCUT2D eigenvalue weighted by Gasteiger charge is -2.33. The summed E-state index contributed by atoms with van der Waals surface area (Å²) in [6, 6.07) is 0. The van der Waals surface area contributed by atoms with Gasteiger partial charge in [0.2, 0.25) is 10.0 Å². The monoisotopic (exact) mass is 348 g/mol. The summed E-state index contributed by atoms with van der Waals surface area (Å²) in [4.78, 5) is 2.02. The molecular formula is C11H22Cl2N2O4S. The van der Waals surface area contributed by atoms with Gasteiger partial charge in [0.25, 0.3) is 0 Å². The van der Waals surface area contributed by atoms with E-state index in [0.717, 1.165) is 6.61 Å². The smallest absolute Gasteiger partial charge is 0.211 e. The Hall–Kier alpha value is 0.370. The normalized spacial score (nSPS) is 25.7. The maximum atomic E-state index is 11.2. The Morgan fingerprint density at radius 1 is 1.30 bits per heavy atom. The fourth-order valence-corrected chi connectivity index (χ4v) is 2.85. The third-order valence-electron chi connectivity index (χ3n) is 3.02. The first-order chi connectivity index (χ1) is 9.36. The number of piperazine rings is 1. The van der Waals surface area contributed by atoms with Crippen LogP contribution in [0.3, 0.4) is 0 Å². The van der Waals surface area contributed by atoms with Gasteiger partial charge in [-0.3, -0.25) is 4.90 Å². The lowest BCUT2D eigenvalue weighted by Crippen LogP contribution is -2.50. The van der Waals surface area contributed by atoms with Crippen LogP contribution >= 0.6 is 23.2 Å². The Morgan fingerprint density at radius 3 is 2.15 bits per heavy atom. The maximum absolute atomic E-state index is 11.2. The van der Waals surface area contributed by atoms with Gasteiger partial charge < -0.3 is 9.84 Å². The van der Waals surface area contributed by atoms with Gasteiger partial charge >= 0.3 is 0 Å². The lowest BCUT2D eigenvalue weighted by atomic mass is 10.3. The number of sulfonamides is 1. The van der Waals surface area contributed by atoms with Crippen LogP contribution in [-0.2, 0) is 14.8 Å². The van der Waals surface area contributed by atoms with Gasteiger partial charge in [-0.15, -0.1) is 23.2 Å². The van der Waals surface area contributed by atoms with Crippen molar-refractivity contribution in [1.29, 1.82) is 0 Å². The Bertz CT molecular complexity index is 371. The SMILES string of the molecule is CS(=O)(=O)N1CCN(C[C@H](O)CCl)CC1.ClC[C@@H]1CO1. The highest BCUT2D eigenvalue weighted by Gasteiger charge is 2.24. The molecule has 0 bridgehead atoms. The standard InChI is InChI=1S/C8H17ClN2O3S.C3H5ClO/c1-15(13,14)11-4-2-10(3-5-11)7-8(12)6-9;4-1-3-2-5-3/h8,12H,2-7H2,1H3;3H,1-2H2/t8-;3-/m11/s1. The van der Waals surface area contributed by atoms with Crippen LogP contribution in [0.1, 0.15) is 0 Å². The van der Waals surface area contributed by atoms with Gasteiger partial charge in [0.1, 0.15) is 0 Å². The highest BCUT2D eigenvalue weighted by molar-refractivity contribution is 7.88. The van der Waals surface area contributed by atoms with Crippen LogP contribution in [-0.4, -0.2) is 92.3 Å². The van der Waals surface area contributed by atoms with Gasteiger partial charge in [-0.1, -0.05) is 0 Å². The van der Waals surface area contributed by atoms with Crippen LogP contribution in [0.15, 0.2) is 0 Å². The molecule has 0 unspecified atom stereocenters. The van der Waals surface area contributed by atoms with Crippen molar-refractivity contribution in [1.82, 2.24) is 9.21 Å². The molecule has 0 saturated carbocycles. The summed E-state index contributed by atoms with van der Waals surface area (Å²) in [5.41, 5.74) is 0. The molecule has 0 aliphatic carbocycles. The second kappa shape index (κ2) is 8.73. The van der Waals surface area contributed by atoms with E-state index in [1.807, 2.05) is 4.90 Å². The van der Waals surface area contributed by atoms with Crippen LogP contribution < -0.4 is 0 Å². The topological polar surface area (TPSA) is 73.4 Å². The number of nitrogens with zero attached hydrogens (tertiary/aromatic N) is 2. The van der Waals surface area contributed by atoms with E-state index in [4.69, 9.17) is 27.9 Å². The number of alkyl halides is 2. The van der Waals surface area contributed by atoms with E-state index < -0.39 is 16.1 Å². The number of aliphatic hydroxyl groups excluding tert-OH is 1. The molecule has 0 aromatic heterocycles. The second-order valence-electron chi connectivity index (χ2n) is 4.88. The minimum absolute atomic E-state index is 0.215. The summed E-state index contributed by atoms with van der Waals surface area (Å²) in [6.45, 7) is 3.69. The highest BCUT2D eigenvalue weighted by atomic mass is 35.5. The zero-order valence-corrected chi connectivity index (χ0v) is 13.9. The Balaban J connectivity index is 0.000000333. The molecule has 0 amide bonds. The highest BCUT2D eigenvalue weighted by Crippen LogP contribution is 2.08. The minimum atomic E-state index is -3.07. The number of hydrogen-bond donors (Lipinski definition) is 1. The third-order valence-corrected chi connectivity index (χ3v) is 5.03. The van der Waals surface area contributed by atoms with Crippen molar-refractivity contribution in [3.8, 4) is 0 Å². The summed E-state index contributed by atoms with van der Waals surface area (Å²) in [6.07, 6.45) is 1.09. The average molecular weight is 349 g/mol. The van der Waals surface area contributed by atoms with Gasteiger partial charge in [0, 0.05) is 38.6 Å². The molecule has 0 aromatic rings. The minimum Gasteiger partial charge on any atom is -0.391 e. The van der Waals surface area contributed by atoms with Crippen molar-refractivity contribution in [2.45, 2.75) is 12.2 Å². The van der Waals surface area contributed by atoms with Gasteiger partial charge in [-0.05, 0) is 0 Å². The van der Waals surface area contributed by atoms with Gasteiger partial charge in [-0.25, -0.2) is 8.42 Å². The Morgan fingerprint density at radius 2 is 1.85 bits per heavy atom. The summed E-state index contributed by atoms with van der Waals surface area (Å²) in [5.74, 6) is 0.881. The van der Waals surface area contributed by atoms with E-state index in [9.17, 15) is 13.5 Å². The molecule has 0 aromatic carbocycles. The van der Waals surface area contributed by atoms with Crippen molar-refractivity contribution < 1.29 is 18.3 Å². The molecular weight excluding hydrogens is 327 g/mol. The van der Waals surface area contributed by atoms with Crippen molar-refractivity contribution in [3.63, 3.8) is 0 Å². The van der Waals surface area contributed by atoms with E-state index in [0.29, 0.717) is 44.7 Å². The van der Waals surface area contributed by atoms with Crippen LogP contribution in [0, 0.1) is 0 Å². The number of β-amino-alcohol motifs (C(OH)–C–C–N with tert-alkyl or cyclic N) is 1. The number of rotatable bonds is 5. The van der Waals surface area contributed by atoms with E-state index in [1.165, 1.54) is 10.6 Å². The van der Waals surface area contributed by atoms with Crippen LogP contribution in [0.4, 0.5) is 0 Å². The van der Waals surface area contributed by atoms with E-state index in [1.54, 1.807) is 0 Å². The maximum Gasteiger partial charge on any atom is 0.211 e. The largest absolute Gasteiger partial charge is 0.391 e. The Labute approximate surface area is 130 Å². The third kappa shape index (κ3) is 7.40. The number of hydrogen-bond acceptors (Lipinski definition) is 5. The van der Waals surface area contributed by atoms with Gasteiger partial charge in [0.15, 0.2) is 0 Å². The zero-order valence-electron chi connectivity index (χ0n) is 11.5. The number of epoxide rings is 1. The average Bonchev–Trinajstić information content (AvgIpc) is 3.23. The first-order valence-electron chi connectivity index (χ1n) is 6.46.